The number of thiocarbonyl (C=S) groups is 1. The van der Waals surface area contributed by atoms with Gasteiger partial charge in [-0.2, -0.15) is 0 Å². The van der Waals surface area contributed by atoms with Crippen molar-refractivity contribution in [3.8, 4) is 0 Å². The maximum atomic E-state index is 5.52. The first-order valence-corrected chi connectivity index (χ1v) is 5.97. The Morgan fingerprint density at radius 3 is 2.53 bits per heavy atom. The highest BCUT2D eigenvalue weighted by Crippen LogP contribution is 1.98. The van der Waals surface area contributed by atoms with Gasteiger partial charge in [0.15, 0.2) is 0 Å². The van der Waals surface area contributed by atoms with Crippen molar-refractivity contribution in [2.75, 3.05) is 33.4 Å². The zero-order valence-electron chi connectivity index (χ0n) is 10.2. The summed E-state index contributed by atoms with van der Waals surface area (Å²) in [5.74, 6) is 0.720. The molecule has 0 aliphatic carbocycles. The SMILES string of the molecule is CC(C)CCOCCN(C)CCC(N)=S. The van der Waals surface area contributed by atoms with Crippen molar-refractivity contribution in [3.05, 3.63) is 0 Å². The first-order chi connectivity index (χ1) is 7.02. The van der Waals surface area contributed by atoms with Crippen LogP contribution >= 0.6 is 12.2 Å². The van der Waals surface area contributed by atoms with Gasteiger partial charge < -0.3 is 15.4 Å². The van der Waals surface area contributed by atoms with Gasteiger partial charge in [-0.1, -0.05) is 26.1 Å². The molecule has 0 atom stereocenters. The fourth-order valence-corrected chi connectivity index (χ4v) is 1.15. The van der Waals surface area contributed by atoms with Crippen molar-refractivity contribution in [3.63, 3.8) is 0 Å². The van der Waals surface area contributed by atoms with Crippen LogP contribution in [0.4, 0.5) is 0 Å². The monoisotopic (exact) mass is 232 g/mol. The third kappa shape index (κ3) is 11.7. The number of hydrogen-bond donors (Lipinski definition) is 1. The Kier molecular flexibility index (Phi) is 8.95. The zero-order chi connectivity index (χ0) is 11.7. The minimum absolute atomic E-state index is 0.586. The van der Waals surface area contributed by atoms with Gasteiger partial charge in [-0.3, -0.25) is 0 Å². The van der Waals surface area contributed by atoms with E-state index in [1.807, 2.05) is 0 Å². The molecule has 2 N–H and O–H groups in total. The largest absolute Gasteiger partial charge is 0.393 e. The average molecular weight is 232 g/mol. The van der Waals surface area contributed by atoms with Gasteiger partial charge >= 0.3 is 0 Å². The molecular weight excluding hydrogens is 208 g/mol. The van der Waals surface area contributed by atoms with Crippen molar-refractivity contribution < 1.29 is 4.74 Å². The van der Waals surface area contributed by atoms with E-state index in [0.29, 0.717) is 4.99 Å². The van der Waals surface area contributed by atoms with Crippen LogP contribution in [0.1, 0.15) is 26.7 Å². The molecule has 0 amide bonds. The molecule has 0 aliphatic rings. The van der Waals surface area contributed by atoms with Gasteiger partial charge in [0, 0.05) is 26.1 Å². The van der Waals surface area contributed by atoms with E-state index in [1.165, 1.54) is 0 Å². The minimum Gasteiger partial charge on any atom is -0.393 e. The van der Waals surface area contributed by atoms with Crippen molar-refractivity contribution in [2.45, 2.75) is 26.7 Å². The molecule has 0 saturated carbocycles. The standard InChI is InChI=1S/C11H24N2OS/c1-10(2)5-8-14-9-7-13(3)6-4-11(12)15/h10H,4-9H2,1-3H3,(H2,12,15). The lowest BCUT2D eigenvalue weighted by atomic mass is 10.1. The minimum atomic E-state index is 0.586. The lowest BCUT2D eigenvalue weighted by Gasteiger charge is -2.16. The van der Waals surface area contributed by atoms with Crippen LogP contribution in [0, 0.1) is 5.92 Å². The molecule has 0 radical (unpaired) electrons. The van der Waals surface area contributed by atoms with Crippen LogP contribution < -0.4 is 5.73 Å². The summed E-state index contributed by atoms with van der Waals surface area (Å²) in [4.78, 5) is 2.77. The third-order valence-corrected chi connectivity index (χ3v) is 2.40. The molecule has 0 bridgehead atoms. The fraction of sp³-hybridized carbons (Fsp3) is 0.909. The van der Waals surface area contributed by atoms with E-state index >= 15 is 0 Å². The Hall–Kier alpha value is -0.190. The lowest BCUT2D eigenvalue weighted by Crippen LogP contribution is -2.27. The summed E-state index contributed by atoms with van der Waals surface area (Å²) in [5.41, 5.74) is 5.42. The van der Waals surface area contributed by atoms with Crippen LogP contribution in [0.15, 0.2) is 0 Å². The number of nitrogens with zero attached hydrogens (tertiary/aromatic N) is 1. The Bertz CT molecular complexity index is 174. The summed E-state index contributed by atoms with van der Waals surface area (Å²) < 4.78 is 5.52. The molecule has 15 heavy (non-hydrogen) atoms. The molecule has 0 aromatic carbocycles. The van der Waals surface area contributed by atoms with Crippen LogP contribution in [0.2, 0.25) is 0 Å². The smallest absolute Gasteiger partial charge is 0.0740 e. The lowest BCUT2D eigenvalue weighted by molar-refractivity contribution is 0.104. The summed E-state index contributed by atoms with van der Waals surface area (Å²) in [6, 6.07) is 0. The van der Waals surface area contributed by atoms with Crippen LogP contribution in [0.5, 0.6) is 0 Å². The van der Waals surface area contributed by atoms with Gasteiger partial charge in [0.05, 0.1) is 11.6 Å². The Morgan fingerprint density at radius 1 is 1.33 bits per heavy atom. The quantitative estimate of drug-likeness (QED) is 0.485. The van der Waals surface area contributed by atoms with Crippen LogP contribution in [0.25, 0.3) is 0 Å². The maximum Gasteiger partial charge on any atom is 0.0740 e. The maximum absolute atomic E-state index is 5.52. The number of nitrogens with two attached hydrogens (primary N) is 1. The van der Waals surface area contributed by atoms with E-state index in [-0.39, 0.29) is 0 Å². The summed E-state index contributed by atoms with van der Waals surface area (Å²) in [7, 11) is 2.06. The van der Waals surface area contributed by atoms with E-state index in [1.54, 1.807) is 0 Å². The molecule has 0 unspecified atom stereocenters. The molecule has 3 nitrogen and oxygen atoms in total. The number of hydrogen-bond acceptors (Lipinski definition) is 3. The van der Waals surface area contributed by atoms with Gasteiger partial charge in [0.1, 0.15) is 0 Å². The summed E-state index contributed by atoms with van der Waals surface area (Å²) >= 11 is 4.82. The predicted molar refractivity (Wildman–Crippen MR) is 69.2 cm³/mol. The Labute approximate surface area is 99.0 Å². The van der Waals surface area contributed by atoms with E-state index in [0.717, 1.165) is 45.1 Å². The second-order valence-corrected chi connectivity index (χ2v) is 4.84. The normalized spacial score (nSPS) is 11.3. The fourth-order valence-electron chi connectivity index (χ4n) is 1.05. The van der Waals surface area contributed by atoms with E-state index < -0.39 is 0 Å². The number of ether oxygens (including phenoxy) is 1. The van der Waals surface area contributed by atoms with E-state index in [2.05, 4.69) is 25.8 Å². The van der Waals surface area contributed by atoms with Gasteiger partial charge in [0.25, 0.3) is 0 Å². The van der Waals surface area contributed by atoms with Crippen molar-refractivity contribution in [1.29, 1.82) is 0 Å². The van der Waals surface area contributed by atoms with E-state index in [9.17, 15) is 0 Å². The molecule has 4 heteroatoms. The number of likely N-dealkylation sites (N-methyl/N-ethyl adjacent to an activating group) is 1. The Balaban J connectivity index is 3.23. The van der Waals surface area contributed by atoms with Gasteiger partial charge in [-0.15, -0.1) is 0 Å². The average Bonchev–Trinajstić information content (AvgIpc) is 2.13. The topological polar surface area (TPSA) is 38.5 Å². The summed E-state index contributed by atoms with van der Waals surface area (Å²) in [6.45, 7) is 7.93. The first kappa shape index (κ1) is 14.8. The zero-order valence-corrected chi connectivity index (χ0v) is 11.0. The van der Waals surface area contributed by atoms with Crippen molar-refractivity contribution in [2.24, 2.45) is 11.7 Å². The van der Waals surface area contributed by atoms with Crippen LogP contribution in [0.3, 0.4) is 0 Å². The van der Waals surface area contributed by atoms with E-state index in [4.69, 9.17) is 22.7 Å². The van der Waals surface area contributed by atoms with Gasteiger partial charge in [-0.25, -0.2) is 0 Å². The molecule has 0 aromatic rings. The summed E-state index contributed by atoms with van der Waals surface area (Å²) in [5, 5.41) is 0. The molecular formula is C11H24N2OS. The molecule has 0 aromatic heterocycles. The Morgan fingerprint density at radius 2 is 2.00 bits per heavy atom. The third-order valence-electron chi connectivity index (χ3n) is 2.20. The van der Waals surface area contributed by atoms with Gasteiger partial charge in [0.2, 0.25) is 0 Å². The molecule has 0 heterocycles. The highest BCUT2D eigenvalue weighted by atomic mass is 32.1. The first-order valence-electron chi connectivity index (χ1n) is 5.57. The van der Waals surface area contributed by atoms with Crippen LogP contribution in [-0.2, 0) is 4.74 Å². The van der Waals surface area contributed by atoms with Crippen LogP contribution in [-0.4, -0.2) is 43.2 Å². The second-order valence-electron chi connectivity index (χ2n) is 4.31. The van der Waals surface area contributed by atoms with Crippen molar-refractivity contribution >= 4 is 17.2 Å². The molecule has 0 saturated heterocycles. The number of rotatable bonds is 9. The predicted octanol–water partition coefficient (Wildman–Crippen LogP) is 1.66. The molecule has 90 valence electrons. The molecule has 0 fully saturated rings. The van der Waals surface area contributed by atoms with Gasteiger partial charge in [-0.05, 0) is 19.4 Å². The highest BCUT2D eigenvalue weighted by Gasteiger charge is 1.99. The highest BCUT2D eigenvalue weighted by molar-refractivity contribution is 7.80. The molecule has 0 rings (SSSR count). The second kappa shape index (κ2) is 9.07. The summed E-state index contributed by atoms with van der Waals surface area (Å²) in [6.07, 6.45) is 1.93. The van der Waals surface area contributed by atoms with Crippen molar-refractivity contribution in [1.82, 2.24) is 4.90 Å². The molecule has 0 spiro atoms. The molecule has 0 aliphatic heterocycles.